The molecule has 1 aliphatic rings. The van der Waals surface area contributed by atoms with Crippen molar-refractivity contribution in [2.45, 2.75) is 13.0 Å². The molecule has 92 valence electrons. The predicted molar refractivity (Wildman–Crippen MR) is 63.3 cm³/mol. The van der Waals surface area contributed by atoms with E-state index in [0.29, 0.717) is 12.1 Å². The van der Waals surface area contributed by atoms with E-state index in [0.717, 1.165) is 17.7 Å². The zero-order chi connectivity index (χ0) is 12.4. The van der Waals surface area contributed by atoms with Gasteiger partial charge in [-0.25, -0.2) is 4.79 Å². The molecule has 0 spiro atoms. The molecule has 1 heterocycles. The highest BCUT2D eigenvalue weighted by Gasteiger charge is 2.23. The molecule has 0 radical (unpaired) electrons. The van der Waals surface area contributed by atoms with Gasteiger partial charge in [0.05, 0.1) is 0 Å². The number of fused-ring (bicyclic) bond motifs is 1. The molecule has 0 saturated heterocycles. The Morgan fingerprint density at radius 3 is 2.94 bits per heavy atom. The highest BCUT2D eigenvalue weighted by Crippen LogP contribution is 2.28. The molecule has 1 aromatic carbocycles. The fourth-order valence-electron chi connectivity index (χ4n) is 2.08. The number of nitrogens with zero attached hydrogens (tertiary/aromatic N) is 1. The summed E-state index contributed by atoms with van der Waals surface area (Å²) in [7, 11) is 1.59. The van der Waals surface area contributed by atoms with Crippen LogP contribution in [0, 0.1) is 10.4 Å². The largest absolute Gasteiger partial charge is 0.633 e. The summed E-state index contributed by atoms with van der Waals surface area (Å²) < 4.78 is 0. The Morgan fingerprint density at radius 1 is 1.53 bits per heavy atom. The fraction of sp³-hybridized carbons (Fsp3) is 0.364. The van der Waals surface area contributed by atoms with Crippen molar-refractivity contribution >= 4 is 11.7 Å². The first-order valence-corrected chi connectivity index (χ1v) is 5.42. The van der Waals surface area contributed by atoms with Gasteiger partial charge in [-0.15, -0.1) is 0 Å². The van der Waals surface area contributed by atoms with Crippen molar-refractivity contribution in [2.75, 3.05) is 18.5 Å². The number of carbonyl (C=O) groups is 1. The third kappa shape index (κ3) is 2.38. The van der Waals surface area contributed by atoms with Crippen LogP contribution in [0.2, 0.25) is 0 Å². The molecule has 0 saturated carbocycles. The Balaban J connectivity index is 2.22. The second-order valence-electron chi connectivity index (χ2n) is 3.97. The number of carbonyl (C=O) groups excluding carboxylic acids is 1. The molecule has 0 bridgehead atoms. The molecule has 2 amide bonds. The van der Waals surface area contributed by atoms with E-state index >= 15 is 0 Å². The quantitative estimate of drug-likeness (QED) is 0.696. The summed E-state index contributed by atoms with van der Waals surface area (Å²) in [6.07, 6.45) is 0.754. The van der Waals surface area contributed by atoms with Gasteiger partial charge in [-0.3, -0.25) is 4.90 Å². The molecular weight excluding hydrogens is 222 g/mol. The first kappa shape index (κ1) is 11.8. The fourth-order valence-corrected chi connectivity index (χ4v) is 2.08. The van der Waals surface area contributed by atoms with Gasteiger partial charge in [0, 0.05) is 24.8 Å². The molecule has 2 rings (SSSR count). The van der Waals surface area contributed by atoms with Crippen molar-refractivity contribution in [3.05, 3.63) is 39.7 Å². The zero-order valence-electron chi connectivity index (χ0n) is 9.53. The summed E-state index contributed by atoms with van der Waals surface area (Å²) in [6.45, 7) is 0.539. The third-order valence-corrected chi connectivity index (χ3v) is 2.85. The second kappa shape index (κ2) is 4.70. The highest BCUT2D eigenvalue weighted by atomic mass is 16.8. The molecule has 1 aromatic rings. The van der Waals surface area contributed by atoms with E-state index in [1.165, 1.54) is 0 Å². The number of hydrogen-bond donors (Lipinski definition) is 2. The number of benzene rings is 1. The predicted octanol–water partition coefficient (Wildman–Crippen LogP) is -0.231. The average molecular weight is 236 g/mol. The molecule has 6 heteroatoms. The monoisotopic (exact) mass is 236 g/mol. The maximum atomic E-state index is 11.6. The lowest BCUT2D eigenvalue weighted by atomic mass is 10.1. The maximum absolute atomic E-state index is 11.6. The second-order valence-corrected chi connectivity index (χ2v) is 3.97. The van der Waals surface area contributed by atoms with Gasteiger partial charge >= 0.3 is 6.03 Å². The van der Waals surface area contributed by atoms with E-state index < -0.39 is 5.23 Å². The Morgan fingerprint density at radius 2 is 2.29 bits per heavy atom. The standard InChI is InChI=1S/C11H14N3O3/c1-12-11(15)13-5-4-9-6-8(7-14(16)17)2-3-10(9)13/h2-3,6,14H,4-5,7H2,1H3,(H,12,15)/q-1. The topological polar surface area (TPSA) is 82.9 Å². The molecular formula is C11H14N3O3-. The Hall–Kier alpha value is -1.63. The molecule has 0 aliphatic carbocycles. The van der Waals surface area contributed by atoms with Crippen LogP contribution < -0.4 is 15.4 Å². The minimum Gasteiger partial charge on any atom is -0.633 e. The number of urea groups is 1. The third-order valence-electron chi connectivity index (χ3n) is 2.85. The molecule has 0 fully saturated rings. The van der Waals surface area contributed by atoms with Gasteiger partial charge in [0.2, 0.25) is 0 Å². The van der Waals surface area contributed by atoms with Gasteiger partial charge in [0.15, 0.2) is 0 Å². The number of nitrogens with one attached hydrogen (secondary N) is 2. The van der Waals surface area contributed by atoms with E-state index in [1.54, 1.807) is 24.1 Å². The lowest BCUT2D eigenvalue weighted by molar-refractivity contribution is -0.807. The number of hydrogen-bond acceptors (Lipinski definition) is 3. The van der Waals surface area contributed by atoms with Crippen molar-refractivity contribution < 1.29 is 10.0 Å². The summed E-state index contributed by atoms with van der Waals surface area (Å²) >= 11 is 0. The highest BCUT2D eigenvalue weighted by molar-refractivity contribution is 5.94. The van der Waals surface area contributed by atoms with Crippen LogP contribution in [0.1, 0.15) is 11.1 Å². The van der Waals surface area contributed by atoms with Crippen LogP contribution in [-0.4, -0.2) is 19.6 Å². The van der Waals surface area contributed by atoms with E-state index in [9.17, 15) is 15.2 Å². The van der Waals surface area contributed by atoms with Crippen molar-refractivity contribution in [3.8, 4) is 0 Å². The van der Waals surface area contributed by atoms with E-state index in [-0.39, 0.29) is 12.6 Å². The van der Waals surface area contributed by atoms with Gasteiger partial charge in [-0.2, -0.15) is 0 Å². The molecule has 0 aromatic heterocycles. The van der Waals surface area contributed by atoms with Crippen molar-refractivity contribution in [3.63, 3.8) is 0 Å². The summed E-state index contributed by atoms with van der Waals surface area (Å²) in [6, 6.07) is 5.19. The van der Waals surface area contributed by atoms with Crippen LogP contribution >= 0.6 is 0 Å². The molecule has 1 aliphatic heterocycles. The zero-order valence-corrected chi connectivity index (χ0v) is 9.53. The van der Waals surface area contributed by atoms with Crippen molar-refractivity contribution in [1.82, 2.24) is 5.32 Å². The maximum Gasteiger partial charge on any atom is 0.321 e. The summed E-state index contributed by atoms with van der Waals surface area (Å²) in [4.78, 5) is 13.2. The molecule has 17 heavy (non-hydrogen) atoms. The van der Waals surface area contributed by atoms with Crippen LogP contribution in [0.5, 0.6) is 0 Å². The van der Waals surface area contributed by atoms with Gasteiger partial charge < -0.3 is 21.0 Å². The lowest BCUT2D eigenvalue weighted by Gasteiger charge is -2.25. The number of quaternary nitrogens is 1. The van der Waals surface area contributed by atoms with Crippen LogP contribution in [0.3, 0.4) is 0 Å². The first-order chi connectivity index (χ1) is 8.11. The van der Waals surface area contributed by atoms with E-state index in [4.69, 9.17) is 0 Å². The number of hydroxylamine groups is 2. The van der Waals surface area contributed by atoms with Gasteiger partial charge in [0.25, 0.3) is 0 Å². The molecule has 6 nitrogen and oxygen atoms in total. The van der Waals surface area contributed by atoms with Crippen molar-refractivity contribution in [1.29, 1.82) is 0 Å². The number of anilines is 1. The smallest absolute Gasteiger partial charge is 0.321 e. The normalized spacial score (nSPS) is 14.0. The Labute approximate surface area is 99.0 Å². The average Bonchev–Trinajstić information content (AvgIpc) is 2.70. The minimum atomic E-state index is -1.09. The number of amides is 2. The van der Waals surface area contributed by atoms with Gasteiger partial charge in [-0.1, -0.05) is 6.07 Å². The van der Waals surface area contributed by atoms with E-state index in [1.807, 2.05) is 6.07 Å². The Bertz CT molecular complexity index is 434. The van der Waals surface area contributed by atoms with E-state index in [2.05, 4.69) is 5.32 Å². The van der Waals surface area contributed by atoms with Crippen LogP contribution in [0.4, 0.5) is 10.5 Å². The first-order valence-electron chi connectivity index (χ1n) is 5.42. The van der Waals surface area contributed by atoms with Crippen molar-refractivity contribution in [2.24, 2.45) is 0 Å². The lowest BCUT2D eigenvalue weighted by Crippen LogP contribution is -3.00. The molecule has 0 atom stereocenters. The van der Waals surface area contributed by atoms with Crippen LogP contribution in [0.25, 0.3) is 0 Å². The summed E-state index contributed by atoms with van der Waals surface area (Å²) in [5, 5.41) is 22.5. The summed E-state index contributed by atoms with van der Waals surface area (Å²) in [5.41, 5.74) is 2.57. The minimum absolute atomic E-state index is 0.0900. The Kier molecular flexibility index (Phi) is 3.28. The van der Waals surface area contributed by atoms with Crippen LogP contribution in [-0.2, 0) is 13.0 Å². The molecule has 2 N–H and O–H groups in total. The SMILES string of the molecule is CNC(=O)N1CCc2cc(C[NH+]([O-])[O-])ccc21. The number of rotatable bonds is 2. The van der Waals surface area contributed by atoms with Crippen LogP contribution in [0.15, 0.2) is 18.2 Å². The van der Waals surface area contributed by atoms with Gasteiger partial charge in [-0.05, 0) is 24.1 Å². The summed E-state index contributed by atoms with van der Waals surface area (Å²) in [5.74, 6) is 0. The van der Waals surface area contributed by atoms with Gasteiger partial charge in [0.1, 0.15) is 6.54 Å². The molecule has 0 unspecified atom stereocenters.